The lowest BCUT2D eigenvalue weighted by atomic mass is 10.2. The van der Waals surface area contributed by atoms with Gasteiger partial charge in [0.2, 0.25) is 0 Å². The highest BCUT2D eigenvalue weighted by molar-refractivity contribution is 5.67. The first kappa shape index (κ1) is 23.7. The first-order chi connectivity index (χ1) is 13.1. The average Bonchev–Trinajstić information content (AvgIpc) is 2.59. The lowest BCUT2D eigenvalue weighted by molar-refractivity contribution is 0.0211. The van der Waals surface area contributed by atoms with Gasteiger partial charge in [0.15, 0.2) is 0 Å². The van der Waals surface area contributed by atoms with Crippen molar-refractivity contribution in [3.63, 3.8) is 0 Å². The number of nitrogens with one attached hydrogen (secondary N) is 1. The van der Waals surface area contributed by atoms with Gasteiger partial charge >= 0.3 is 6.09 Å². The Bertz CT molecular complexity index is 688. The number of rotatable bonds is 8. The van der Waals surface area contributed by atoms with Gasteiger partial charge in [0.05, 0.1) is 12.2 Å². The summed E-state index contributed by atoms with van der Waals surface area (Å²) in [6, 6.07) is 0. The van der Waals surface area contributed by atoms with Crippen molar-refractivity contribution in [1.82, 2.24) is 19.8 Å². The van der Waals surface area contributed by atoms with E-state index in [0.717, 1.165) is 49.6 Å². The molecule has 0 aromatic carbocycles. The number of amides is 1. The van der Waals surface area contributed by atoms with Crippen molar-refractivity contribution in [1.29, 1.82) is 0 Å². The molecule has 0 aliphatic rings. The van der Waals surface area contributed by atoms with Crippen molar-refractivity contribution in [2.75, 3.05) is 39.2 Å². The molecule has 1 amide bonds. The van der Waals surface area contributed by atoms with Crippen LogP contribution in [0.3, 0.4) is 0 Å². The van der Waals surface area contributed by atoms with E-state index in [0.29, 0.717) is 6.67 Å². The molecule has 1 aromatic rings. The molecular weight excluding hydrogens is 354 g/mol. The van der Waals surface area contributed by atoms with Crippen molar-refractivity contribution in [2.45, 2.75) is 59.5 Å². The first-order valence-electron chi connectivity index (χ1n) is 9.81. The Morgan fingerprint density at radius 3 is 2.68 bits per heavy atom. The fraction of sp³-hybridized carbons (Fsp3) is 0.667. The van der Waals surface area contributed by atoms with E-state index in [1.165, 1.54) is 0 Å². The van der Waals surface area contributed by atoms with Gasteiger partial charge in [-0.1, -0.05) is 18.8 Å². The Morgan fingerprint density at radius 2 is 2.04 bits per heavy atom. The van der Waals surface area contributed by atoms with Gasteiger partial charge in [-0.2, -0.15) is 0 Å². The van der Waals surface area contributed by atoms with Gasteiger partial charge in [-0.15, -0.1) is 0 Å². The molecule has 0 saturated carbocycles. The topological polar surface area (TPSA) is 70.6 Å². The zero-order valence-corrected chi connectivity index (χ0v) is 18.4. The molecule has 0 atom stereocenters. The van der Waals surface area contributed by atoms with E-state index in [-0.39, 0.29) is 6.09 Å². The van der Waals surface area contributed by atoms with Gasteiger partial charge in [0, 0.05) is 32.8 Å². The molecule has 1 aromatic heterocycles. The zero-order valence-electron chi connectivity index (χ0n) is 18.4. The minimum Gasteiger partial charge on any atom is -0.444 e. The third kappa shape index (κ3) is 9.56. The molecular formula is C21H35N5O2. The largest absolute Gasteiger partial charge is 0.444 e. The Balaban J connectivity index is 2.44. The number of carbonyl (C=O) groups excluding carboxylic acids is 1. The number of ether oxygens (including phenoxy) is 1. The second kappa shape index (κ2) is 11.5. The van der Waals surface area contributed by atoms with Gasteiger partial charge < -0.3 is 10.1 Å². The lowest BCUT2D eigenvalue weighted by Gasteiger charge is -2.27. The standard InChI is InChI=1S/C21H35N5O2/c1-8-13-22-19-18(15-23-17(2)24-19)12-10-9-11-14-25(6)16-26(7)20(27)28-21(3,4)5/h15H,8-9,11,13-14,16H2,1-7H3,(H,22,23,24). The van der Waals surface area contributed by atoms with Crippen LogP contribution in [0.25, 0.3) is 0 Å². The first-order valence-corrected chi connectivity index (χ1v) is 9.81. The molecule has 0 fully saturated rings. The molecule has 28 heavy (non-hydrogen) atoms. The Hall–Kier alpha value is -2.33. The summed E-state index contributed by atoms with van der Waals surface area (Å²) in [7, 11) is 3.72. The van der Waals surface area contributed by atoms with Crippen molar-refractivity contribution in [2.24, 2.45) is 0 Å². The molecule has 0 spiro atoms. The summed E-state index contributed by atoms with van der Waals surface area (Å²) in [6.07, 6.45) is 4.16. The number of unbranched alkanes of at least 4 members (excludes halogenated alkanes) is 1. The number of hydrogen-bond acceptors (Lipinski definition) is 6. The number of aryl methyl sites for hydroxylation is 1. The highest BCUT2D eigenvalue weighted by Crippen LogP contribution is 2.11. The molecule has 1 heterocycles. The summed E-state index contributed by atoms with van der Waals surface area (Å²) in [5, 5.41) is 3.30. The molecule has 0 bridgehead atoms. The Labute approximate surface area is 169 Å². The van der Waals surface area contributed by atoms with Gasteiger partial charge in [-0.25, -0.2) is 14.8 Å². The Kier molecular flexibility index (Phi) is 9.74. The van der Waals surface area contributed by atoms with E-state index < -0.39 is 5.60 Å². The third-order valence-corrected chi connectivity index (χ3v) is 3.68. The summed E-state index contributed by atoms with van der Waals surface area (Å²) in [5.74, 6) is 7.91. The van der Waals surface area contributed by atoms with E-state index >= 15 is 0 Å². The van der Waals surface area contributed by atoms with Gasteiger partial charge in [0.25, 0.3) is 0 Å². The smallest absolute Gasteiger partial charge is 0.411 e. The third-order valence-electron chi connectivity index (χ3n) is 3.68. The monoisotopic (exact) mass is 389 g/mol. The van der Waals surface area contributed by atoms with Crippen LogP contribution in [0.1, 0.15) is 58.3 Å². The quantitative estimate of drug-likeness (QED) is 0.417. The predicted octanol–water partition coefficient (Wildman–Crippen LogP) is 3.49. The minimum absolute atomic E-state index is 0.314. The molecule has 0 saturated heterocycles. The maximum Gasteiger partial charge on any atom is 0.411 e. The van der Waals surface area contributed by atoms with Crippen LogP contribution in [0.2, 0.25) is 0 Å². The molecule has 0 aliphatic heterocycles. The average molecular weight is 390 g/mol. The summed E-state index contributed by atoms with van der Waals surface area (Å²) in [6.45, 7) is 11.8. The van der Waals surface area contributed by atoms with E-state index in [9.17, 15) is 4.79 Å². The summed E-state index contributed by atoms with van der Waals surface area (Å²) >= 11 is 0. The molecule has 0 aliphatic carbocycles. The number of anilines is 1. The van der Waals surface area contributed by atoms with Crippen LogP contribution >= 0.6 is 0 Å². The Morgan fingerprint density at radius 1 is 1.32 bits per heavy atom. The molecule has 1 N–H and O–H groups in total. The number of hydrogen-bond donors (Lipinski definition) is 1. The predicted molar refractivity (Wildman–Crippen MR) is 113 cm³/mol. The fourth-order valence-electron chi connectivity index (χ4n) is 2.37. The van der Waals surface area contributed by atoms with Gasteiger partial charge in [-0.05, 0) is 47.6 Å². The molecule has 7 heteroatoms. The SMILES string of the molecule is CCCNc1nc(C)ncc1C#CCCCN(C)CN(C)C(=O)OC(C)(C)C. The van der Waals surface area contributed by atoms with Crippen molar-refractivity contribution in [3.05, 3.63) is 17.6 Å². The highest BCUT2D eigenvalue weighted by atomic mass is 16.6. The van der Waals surface area contributed by atoms with Crippen molar-refractivity contribution >= 4 is 11.9 Å². The van der Waals surface area contributed by atoms with Crippen LogP contribution in [0, 0.1) is 18.8 Å². The number of aromatic nitrogens is 2. The summed E-state index contributed by atoms with van der Waals surface area (Å²) in [4.78, 5) is 24.3. The van der Waals surface area contributed by atoms with Crippen molar-refractivity contribution < 1.29 is 9.53 Å². The maximum atomic E-state index is 12.0. The highest BCUT2D eigenvalue weighted by Gasteiger charge is 2.20. The van der Waals surface area contributed by atoms with Crippen LogP contribution in [0.5, 0.6) is 0 Å². The molecule has 156 valence electrons. The van der Waals surface area contributed by atoms with Crippen LogP contribution in [0.4, 0.5) is 10.6 Å². The maximum absolute atomic E-state index is 12.0. The van der Waals surface area contributed by atoms with Crippen molar-refractivity contribution in [3.8, 4) is 11.8 Å². The van der Waals surface area contributed by atoms with Crippen LogP contribution < -0.4 is 5.32 Å². The van der Waals surface area contributed by atoms with Crippen LogP contribution in [-0.4, -0.2) is 65.3 Å². The summed E-state index contributed by atoms with van der Waals surface area (Å²) in [5.41, 5.74) is 0.349. The molecule has 1 rings (SSSR count). The molecule has 0 unspecified atom stereocenters. The zero-order chi connectivity index (χ0) is 21.2. The minimum atomic E-state index is -0.482. The van der Waals surface area contributed by atoms with Crippen LogP contribution in [-0.2, 0) is 4.74 Å². The number of nitrogens with zero attached hydrogens (tertiary/aromatic N) is 4. The number of carbonyl (C=O) groups is 1. The van der Waals surface area contributed by atoms with Crippen LogP contribution in [0.15, 0.2) is 6.20 Å². The normalized spacial score (nSPS) is 11.0. The lowest BCUT2D eigenvalue weighted by Crippen LogP contribution is -2.40. The fourth-order valence-corrected chi connectivity index (χ4v) is 2.37. The van der Waals surface area contributed by atoms with Gasteiger partial charge in [-0.3, -0.25) is 9.80 Å². The second-order valence-corrected chi connectivity index (χ2v) is 7.91. The summed E-state index contributed by atoms with van der Waals surface area (Å²) < 4.78 is 5.36. The van der Waals surface area contributed by atoms with E-state index in [1.807, 2.05) is 34.7 Å². The van der Waals surface area contributed by atoms with Gasteiger partial charge in [0.1, 0.15) is 17.2 Å². The van der Waals surface area contributed by atoms with E-state index in [1.54, 1.807) is 18.1 Å². The van der Waals surface area contributed by atoms with E-state index in [2.05, 4.69) is 38.9 Å². The molecule has 0 radical (unpaired) electrons. The molecule has 7 nitrogen and oxygen atoms in total. The second-order valence-electron chi connectivity index (χ2n) is 7.91. The van der Waals surface area contributed by atoms with E-state index in [4.69, 9.17) is 4.74 Å².